The number of amides is 1. The van der Waals surface area contributed by atoms with Crippen LogP contribution in [0.2, 0.25) is 0 Å². The number of nitrogens with one attached hydrogen (secondary N) is 1. The van der Waals surface area contributed by atoms with Crippen LogP contribution in [0.4, 0.5) is 4.39 Å². The molecule has 0 radical (unpaired) electrons. The fourth-order valence-electron chi connectivity index (χ4n) is 1.44. The van der Waals surface area contributed by atoms with E-state index in [1.165, 1.54) is 6.07 Å². The molecule has 7 heteroatoms. The average Bonchev–Trinajstić information content (AvgIpc) is 2.34. The number of alkyl halides is 1. The van der Waals surface area contributed by atoms with Gasteiger partial charge in [0.1, 0.15) is 12.4 Å². The number of halogens is 2. The van der Waals surface area contributed by atoms with Crippen molar-refractivity contribution in [3.63, 3.8) is 0 Å². The molecule has 0 bridgehead atoms. The molecule has 1 aromatic rings. The number of carbonyl (C=O) groups excluding carboxylic acids is 1. The Morgan fingerprint density at radius 2 is 2.10 bits per heavy atom. The van der Waals surface area contributed by atoms with Crippen molar-refractivity contribution in [3.8, 4) is 5.75 Å². The van der Waals surface area contributed by atoms with E-state index in [2.05, 4.69) is 21.2 Å². The Morgan fingerprint density at radius 1 is 1.45 bits per heavy atom. The lowest BCUT2D eigenvalue weighted by Crippen LogP contribution is -2.42. The molecule has 2 N–H and O–H groups in total. The molecule has 0 aliphatic carbocycles. The third-order valence-electron chi connectivity index (χ3n) is 2.31. The molecule has 0 aromatic heterocycles. The number of carboxylic acids is 1. The van der Waals surface area contributed by atoms with Gasteiger partial charge >= 0.3 is 5.97 Å². The summed E-state index contributed by atoms with van der Waals surface area (Å²) < 4.78 is 18.7. The number of carboxylic acid groups (broad SMARTS) is 1. The second-order valence-electron chi connectivity index (χ2n) is 4.33. The number of rotatable bonds is 6. The van der Waals surface area contributed by atoms with Gasteiger partial charge in [0.25, 0.3) is 5.91 Å². The summed E-state index contributed by atoms with van der Waals surface area (Å²) in [6.45, 7) is 2.41. The first-order valence-corrected chi connectivity index (χ1v) is 6.70. The van der Waals surface area contributed by atoms with E-state index in [1.54, 1.807) is 26.0 Å². The molecular formula is C13H15BrFNO4. The zero-order chi connectivity index (χ0) is 15.3. The summed E-state index contributed by atoms with van der Waals surface area (Å²) in [4.78, 5) is 22.7. The van der Waals surface area contributed by atoms with E-state index < -0.39 is 24.6 Å². The van der Waals surface area contributed by atoms with Crippen molar-refractivity contribution in [2.45, 2.75) is 26.0 Å². The molecule has 110 valence electrons. The zero-order valence-electron chi connectivity index (χ0n) is 11.0. The molecule has 1 atom stereocenters. The molecular weight excluding hydrogens is 333 g/mol. The summed E-state index contributed by atoms with van der Waals surface area (Å²) in [5.41, 5.74) is 0.154. The number of hydrogen-bond donors (Lipinski definition) is 2. The Labute approximate surface area is 124 Å². The van der Waals surface area contributed by atoms with E-state index >= 15 is 0 Å². The van der Waals surface area contributed by atoms with Gasteiger partial charge in [-0.3, -0.25) is 4.79 Å². The maximum Gasteiger partial charge on any atom is 0.328 e. The van der Waals surface area contributed by atoms with E-state index in [1.807, 2.05) is 0 Å². The fourth-order valence-corrected chi connectivity index (χ4v) is 1.78. The average molecular weight is 348 g/mol. The molecule has 5 nitrogen and oxygen atoms in total. The van der Waals surface area contributed by atoms with Gasteiger partial charge in [0.15, 0.2) is 6.04 Å². The van der Waals surface area contributed by atoms with Crippen LogP contribution in [0.1, 0.15) is 24.2 Å². The van der Waals surface area contributed by atoms with Gasteiger partial charge in [0.2, 0.25) is 0 Å². The van der Waals surface area contributed by atoms with Crippen molar-refractivity contribution in [1.29, 1.82) is 0 Å². The lowest BCUT2D eigenvalue weighted by Gasteiger charge is -2.16. The molecule has 0 fully saturated rings. The fraction of sp³-hybridized carbons (Fsp3) is 0.385. The van der Waals surface area contributed by atoms with Gasteiger partial charge in [-0.2, -0.15) is 0 Å². The second kappa shape index (κ2) is 7.23. The van der Waals surface area contributed by atoms with E-state index in [9.17, 15) is 14.0 Å². The van der Waals surface area contributed by atoms with Crippen LogP contribution in [-0.4, -0.2) is 35.8 Å². The van der Waals surface area contributed by atoms with Crippen LogP contribution in [0.25, 0.3) is 0 Å². The first kappa shape index (κ1) is 16.4. The quantitative estimate of drug-likeness (QED) is 0.828. The van der Waals surface area contributed by atoms with Crippen LogP contribution in [0.3, 0.4) is 0 Å². The first-order valence-electron chi connectivity index (χ1n) is 5.91. The van der Waals surface area contributed by atoms with Gasteiger partial charge in [0, 0.05) is 4.47 Å². The van der Waals surface area contributed by atoms with E-state index in [0.717, 1.165) is 0 Å². The van der Waals surface area contributed by atoms with Crippen LogP contribution in [0, 0.1) is 0 Å². The van der Waals surface area contributed by atoms with Gasteiger partial charge in [0.05, 0.1) is 11.7 Å². The highest BCUT2D eigenvalue weighted by molar-refractivity contribution is 9.10. The Kier molecular flexibility index (Phi) is 5.94. The number of carbonyl (C=O) groups is 2. The molecule has 1 unspecified atom stereocenters. The van der Waals surface area contributed by atoms with Crippen LogP contribution >= 0.6 is 15.9 Å². The van der Waals surface area contributed by atoms with Crippen molar-refractivity contribution in [2.24, 2.45) is 0 Å². The van der Waals surface area contributed by atoms with Gasteiger partial charge in [-0.15, -0.1) is 0 Å². The summed E-state index contributed by atoms with van der Waals surface area (Å²) in [5.74, 6) is -1.82. The lowest BCUT2D eigenvalue weighted by atomic mass is 10.1. The van der Waals surface area contributed by atoms with Gasteiger partial charge in [-0.05, 0) is 32.0 Å². The minimum Gasteiger partial charge on any atom is -0.490 e. The molecule has 0 spiro atoms. The van der Waals surface area contributed by atoms with E-state index in [4.69, 9.17) is 9.84 Å². The number of benzene rings is 1. The molecule has 1 aromatic carbocycles. The Balaban J connectivity index is 2.99. The first-order chi connectivity index (χ1) is 9.35. The van der Waals surface area contributed by atoms with Crippen LogP contribution < -0.4 is 10.1 Å². The van der Waals surface area contributed by atoms with Crippen molar-refractivity contribution < 1.29 is 23.8 Å². The number of hydrogen-bond acceptors (Lipinski definition) is 3. The summed E-state index contributed by atoms with van der Waals surface area (Å²) in [6.07, 6.45) is -0.160. The monoisotopic (exact) mass is 347 g/mol. The van der Waals surface area contributed by atoms with Crippen molar-refractivity contribution in [3.05, 3.63) is 28.2 Å². The van der Waals surface area contributed by atoms with Gasteiger partial charge in [-0.25, -0.2) is 9.18 Å². The predicted octanol–water partition coefficient (Wildman–Crippen LogP) is 2.39. The predicted molar refractivity (Wildman–Crippen MR) is 74.8 cm³/mol. The van der Waals surface area contributed by atoms with Crippen molar-refractivity contribution in [1.82, 2.24) is 5.32 Å². The smallest absolute Gasteiger partial charge is 0.328 e. The zero-order valence-corrected chi connectivity index (χ0v) is 12.6. The molecule has 1 rings (SSSR count). The molecule has 0 heterocycles. The van der Waals surface area contributed by atoms with E-state index in [0.29, 0.717) is 10.2 Å². The summed E-state index contributed by atoms with van der Waals surface area (Å²) >= 11 is 3.26. The molecule has 0 aliphatic heterocycles. The van der Waals surface area contributed by atoms with Gasteiger partial charge in [-0.1, -0.05) is 15.9 Å². The van der Waals surface area contributed by atoms with Crippen LogP contribution in [0.5, 0.6) is 5.75 Å². The van der Waals surface area contributed by atoms with Crippen LogP contribution in [-0.2, 0) is 4.79 Å². The largest absolute Gasteiger partial charge is 0.490 e. The Bertz CT molecular complexity index is 507. The molecule has 0 saturated carbocycles. The third-order valence-corrected chi connectivity index (χ3v) is 2.80. The van der Waals surface area contributed by atoms with Crippen molar-refractivity contribution >= 4 is 27.8 Å². The highest BCUT2D eigenvalue weighted by atomic mass is 79.9. The summed E-state index contributed by atoms with van der Waals surface area (Å²) in [5, 5.41) is 10.8. The Hall–Kier alpha value is -1.63. The van der Waals surface area contributed by atoms with Crippen LogP contribution in [0.15, 0.2) is 22.7 Å². The molecule has 20 heavy (non-hydrogen) atoms. The minimum atomic E-state index is -1.57. The van der Waals surface area contributed by atoms with E-state index in [-0.39, 0.29) is 11.7 Å². The standard InChI is InChI=1S/C13H15BrFNO4/c1-7(2)20-11-5-8(14)3-4-9(11)12(17)16-10(6-15)13(18)19/h3-5,7,10H,6H2,1-2H3,(H,16,17)(H,18,19). The number of aliphatic carboxylic acids is 1. The second-order valence-corrected chi connectivity index (χ2v) is 5.24. The topological polar surface area (TPSA) is 75.6 Å². The SMILES string of the molecule is CC(C)Oc1cc(Br)ccc1C(=O)NC(CF)C(=O)O. The molecule has 1 amide bonds. The normalized spacial score (nSPS) is 12.1. The maximum atomic E-state index is 12.5. The van der Waals surface area contributed by atoms with Gasteiger partial charge < -0.3 is 15.2 Å². The maximum absolute atomic E-state index is 12.5. The van der Waals surface area contributed by atoms with Crippen molar-refractivity contribution in [2.75, 3.05) is 6.67 Å². The number of ether oxygens (including phenoxy) is 1. The summed E-state index contributed by atoms with van der Waals surface area (Å²) in [7, 11) is 0. The molecule has 0 aliphatic rings. The Morgan fingerprint density at radius 3 is 2.60 bits per heavy atom. The third kappa shape index (κ3) is 4.48. The minimum absolute atomic E-state index is 0.154. The summed E-state index contributed by atoms with van der Waals surface area (Å²) in [6, 6.07) is 3.12. The lowest BCUT2D eigenvalue weighted by molar-refractivity contribution is -0.139. The highest BCUT2D eigenvalue weighted by Crippen LogP contribution is 2.25. The highest BCUT2D eigenvalue weighted by Gasteiger charge is 2.22. The molecule has 0 saturated heterocycles.